The second-order valence-electron chi connectivity index (χ2n) is 8.14. The molecule has 3 fully saturated rings. The molecular formula is C20H28Cl2N4O3. The first-order chi connectivity index (χ1) is 13.9. The third kappa shape index (κ3) is 4.88. The van der Waals surface area contributed by atoms with E-state index in [1.165, 1.54) is 0 Å². The Labute approximate surface area is 181 Å². The summed E-state index contributed by atoms with van der Waals surface area (Å²) in [5.74, 6) is -0.0122. The van der Waals surface area contributed by atoms with Crippen molar-refractivity contribution in [3.05, 3.63) is 33.8 Å². The number of carbonyl (C=O) groups excluding carboxylic acids is 1. The van der Waals surface area contributed by atoms with Gasteiger partial charge in [0.05, 0.1) is 22.3 Å². The lowest BCUT2D eigenvalue weighted by molar-refractivity contribution is -0.175. The Kier molecular flexibility index (Phi) is 6.65. The van der Waals surface area contributed by atoms with Crippen LogP contribution in [0, 0.1) is 0 Å². The van der Waals surface area contributed by atoms with Gasteiger partial charge in [0.15, 0.2) is 0 Å². The highest BCUT2D eigenvalue weighted by molar-refractivity contribution is 6.42. The number of nitrogens with zero attached hydrogens (tertiary/aromatic N) is 2. The van der Waals surface area contributed by atoms with Gasteiger partial charge in [-0.3, -0.25) is 15.1 Å². The van der Waals surface area contributed by atoms with Crippen molar-refractivity contribution in [2.75, 3.05) is 20.7 Å². The molecule has 2 N–H and O–H groups in total. The molecule has 0 aliphatic carbocycles. The molecule has 0 bridgehead atoms. The Morgan fingerprint density at radius 3 is 2.79 bits per heavy atom. The van der Waals surface area contributed by atoms with Gasteiger partial charge in [-0.25, -0.2) is 5.01 Å². The Bertz CT molecular complexity index is 746. The Morgan fingerprint density at radius 2 is 2.07 bits per heavy atom. The lowest BCUT2D eigenvalue weighted by Crippen LogP contribution is -2.50. The summed E-state index contributed by atoms with van der Waals surface area (Å²) in [5, 5.41) is 7.92. The number of amides is 1. The summed E-state index contributed by atoms with van der Waals surface area (Å²) in [5.41, 5.74) is 4.54. The van der Waals surface area contributed by atoms with Crippen LogP contribution in [0.25, 0.3) is 0 Å². The van der Waals surface area contributed by atoms with Crippen LogP contribution >= 0.6 is 23.2 Å². The molecule has 3 aliphatic rings. The van der Waals surface area contributed by atoms with Gasteiger partial charge in [0.1, 0.15) is 12.1 Å². The van der Waals surface area contributed by atoms with E-state index < -0.39 is 0 Å². The predicted molar refractivity (Wildman–Crippen MR) is 111 cm³/mol. The van der Waals surface area contributed by atoms with E-state index in [-0.39, 0.29) is 36.4 Å². The number of carbonyl (C=O) groups is 1. The molecule has 0 radical (unpaired) electrons. The number of hydrogen-bond donors (Lipinski definition) is 2. The Balaban J connectivity index is 1.30. The molecular weight excluding hydrogens is 415 g/mol. The van der Waals surface area contributed by atoms with Crippen molar-refractivity contribution in [3.63, 3.8) is 0 Å². The molecule has 160 valence electrons. The van der Waals surface area contributed by atoms with E-state index in [2.05, 4.69) is 10.7 Å². The molecule has 7 nitrogen and oxygen atoms in total. The van der Waals surface area contributed by atoms with Gasteiger partial charge in [0.25, 0.3) is 0 Å². The van der Waals surface area contributed by atoms with Crippen molar-refractivity contribution in [2.24, 2.45) is 0 Å². The van der Waals surface area contributed by atoms with E-state index in [1.807, 2.05) is 37.3 Å². The highest BCUT2D eigenvalue weighted by atomic mass is 35.5. The zero-order valence-corrected chi connectivity index (χ0v) is 18.2. The zero-order valence-electron chi connectivity index (χ0n) is 16.7. The molecule has 5 unspecified atom stereocenters. The number of hydroxylamine groups is 2. The van der Waals surface area contributed by atoms with Crippen LogP contribution < -0.4 is 10.7 Å². The molecule has 5 atom stereocenters. The summed E-state index contributed by atoms with van der Waals surface area (Å²) in [6, 6.07) is 5.61. The Hall–Kier alpha value is -0.930. The third-order valence-corrected chi connectivity index (χ3v) is 6.75. The average molecular weight is 443 g/mol. The molecule has 0 aromatic heterocycles. The number of hydrogen-bond acceptors (Lipinski definition) is 6. The number of ether oxygens (including phenoxy) is 1. The Morgan fingerprint density at radius 1 is 1.24 bits per heavy atom. The van der Waals surface area contributed by atoms with Crippen molar-refractivity contribution in [1.82, 2.24) is 20.8 Å². The maximum Gasteiger partial charge on any atom is 0.241 e. The summed E-state index contributed by atoms with van der Waals surface area (Å²) in [7, 11) is 3.77. The summed E-state index contributed by atoms with van der Waals surface area (Å²) in [6.07, 6.45) is 4.30. The monoisotopic (exact) mass is 442 g/mol. The summed E-state index contributed by atoms with van der Waals surface area (Å²) < 4.78 is 5.73. The van der Waals surface area contributed by atoms with Crippen molar-refractivity contribution in [1.29, 1.82) is 0 Å². The van der Waals surface area contributed by atoms with Crippen LogP contribution in [-0.2, 0) is 20.8 Å². The first kappa shape index (κ1) is 21.3. The van der Waals surface area contributed by atoms with Crippen LogP contribution in [0.4, 0.5) is 0 Å². The van der Waals surface area contributed by atoms with Gasteiger partial charge in [-0.1, -0.05) is 29.3 Å². The molecule has 0 spiro atoms. The maximum absolute atomic E-state index is 12.9. The van der Waals surface area contributed by atoms with Gasteiger partial charge in [-0.05, 0) is 43.4 Å². The molecule has 1 amide bonds. The fourth-order valence-corrected chi connectivity index (χ4v) is 4.76. The smallest absolute Gasteiger partial charge is 0.241 e. The molecule has 4 rings (SSSR count). The standard InChI is InChI=1S/C20H28Cl2N4O3/c1-25-19(10-13(24-25)8-12-5-6-14(21)15(22)9-12)23-20(27)16-11-18(29-26(16)2)17-4-3-7-28-17/h5-6,9,13,16-19,24H,3-4,7-8,10-11H2,1-2H3,(H,23,27). The number of hydrazine groups is 1. The van der Waals surface area contributed by atoms with Crippen LogP contribution in [0.3, 0.4) is 0 Å². The van der Waals surface area contributed by atoms with Gasteiger partial charge in [-0.15, -0.1) is 0 Å². The van der Waals surface area contributed by atoms with Gasteiger partial charge in [0, 0.05) is 33.2 Å². The molecule has 3 heterocycles. The SMILES string of the molecule is CN1NC(Cc2ccc(Cl)c(Cl)c2)CC1NC(=O)C1CC(C2CCCO2)ON1C. The lowest BCUT2D eigenvalue weighted by atomic mass is 10.0. The van der Waals surface area contributed by atoms with Gasteiger partial charge >= 0.3 is 0 Å². The minimum absolute atomic E-state index is 0.0122. The normalized spacial score (nSPS) is 33.4. The predicted octanol–water partition coefficient (Wildman–Crippen LogP) is 2.37. The fourth-order valence-electron chi connectivity index (χ4n) is 4.44. The number of rotatable bonds is 5. The first-order valence-electron chi connectivity index (χ1n) is 10.1. The highest BCUT2D eigenvalue weighted by Gasteiger charge is 2.42. The van der Waals surface area contributed by atoms with Crippen LogP contribution in [0.2, 0.25) is 10.0 Å². The number of benzene rings is 1. The second kappa shape index (κ2) is 9.06. The van der Waals surface area contributed by atoms with Gasteiger partial charge < -0.3 is 10.1 Å². The third-order valence-electron chi connectivity index (χ3n) is 6.01. The first-order valence-corrected chi connectivity index (χ1v) is 10.9. The molecule has 29 heavy (non-hydrogen) atoms. The number of likely N-dealkylation sites (N-methyl/N-ethyl adjacent to an activating group) is 1. The largest absolute Gasteiger partial charge is 0.375 e. The molecule has 9 heteroatoms. The average Bonchev–Trinajstić information content (AvgIpc) is 3.39. The van der Waals surface area contributed by atoms with Crippen LogP contribution in [-0.4, -0.2) is 67.1 Å². The van der Waals surface area contributed by atoms with E-state index in [0.29, 0.717) is 16.5 Å². The van der Waals surface area contributed by atoms with Crippen molar-refractivity contribution in [3.8, 4) is 0 Å². The van der Waals surface area contributed by atoms with E-state index >= 15 is 0 Å². The molecule has 0 saturated carbocycles. The summed E-state index contributed by atoms with van der Waals surface area (Å²) in [6.45, 7) is 0.782. The molecule has 1 aromatic carbocycles. The van der Waals surface area contributed by atoms with E-state index in [9.17, 15) is 4.79 Å². The highest BCUT2D eigenvalue weighted by Crippen LogP contribution is 2.29. The zero-order chi connectivity index (χ0) is 20.5. The number of nitrogens with one attached hydrogen (secondary N) is 2. The van der Waals surface area contributed by atoms with Crippen LogP contribution in [0.5, 0.6) is 0 Å². The summed E-state index contributed by atoms with van der Waals surface area (Å²) in [4.78, 5) is 18.8. The van der Waals surface area contributed by atoms with Crippen molar-refractivity contribution < 1.29 is 14.4 Å². The second-order valence-corrected chi connectivity index (χ2v) is 8.96. The molecule has 3 saturated heterocycles. The van der Waals surface area contributed by atoms with E-state index in [0.717, 1.165) is 37.9 Å². The topological polar surface area (TPSA) is 66.1 Å². The quantitative estimate of drug-likeness (QED) is 0.729. The molecule has 1 aromatic rings. The minimum atomic E-state index is -0.299. The number of halogens is 2. The minimum Gasteiger partial charge on any atom is -0.375 e. The lowest BCUT2D eigenvalue weighted by Gasteiger charge is -2.23. The van der Waals surface area contributed by atoms with Crippen molar-refractivity contribution >= 4 is 29.1 Å². The molecule has 3 aliphatic heterocycles. The maximum atomic E-state index is 12.9. The van der Waals surface area contributed by atoms with Crippen LogP contribution in [0.1, 0.15) is 31.2 Å². The van der Waals surface area contributed by atoms with Crippen molar-refractivity contribution in [2.45, 2.75) is 62.6 Å². The van der Waals surface area contributed by atoms with E-state index in [1.54, 1.807) is 5.06 Å². The summed E-state index contributed by atoms with van der Waals surface area (Å²) >= 11 is 12.1. The van der Waals surface area contributed by atoms with E-state index in [4.69, 9.17) is 32.8 Å². The van der Waals surface area contributed by atoms with Crippen LogP contribution in [0.15, 0.2) is 18.2 Å². The van der Waals surface area contributed by atoms with Gasteiger partial charge in [0.2, 0.25) is 5.91 Å². The fraction of sp³-hybridized carbons (Fsp3) is 0.650. The van der Waals surface area contributed by atoms with Gasteiger partial charge in [-0.2, -0.15) is 5.06 Å².